The average Bonchev–Trinajstić information content (AvgIpc) is 2.75. The highest BCUT2D eigenvalue weighted by Gasteiger charge is 2.04. The van der Waals surface area contributed by atoms with Gasteiger partial charge < -0.3 is 5.11 Å². The number of halogens is 1. The second-order valence-electron chi connectivity index (χ2n) is 4.16. The van der Waals surface area contributed by atoms with Gasteiger partial charge in [-0.1, -0.05) is 6.07 Å². The summed E-state index contributed by atoms with van der Waals surface area (Å²) >= 11 is 0. The van der Waals surface area contributed by atoms with Gasteiger partial charge in [-0.2, -0.15) is 5.10 Å². The van der Waals surface area contributed by atoms with Crippen LogP contribution in [0.5, 0.6) is 0 Å². The Morgan fingerprint density at radius 2 is 2.26 bits per heavy atom. The first-order chi connectivity index (χ1) is 9.06. The number of aryl methyl sites for hydroxylation is 1. The molecule has 0 fully saturated rings. The van der Waals surface area contributed by atoms with Crippen molar-refractivity contribution >= 4 is 12.0 Å². The molecule has 1 N–H and O–H groups in total. The van der Waals surface area contributed by atoms with Crippen LogP contribution in [0.2, 0.25) is 0 Å². The van der Waals surface area contributed by atoms with E-state index >= 15 is 0 Å². The quantitative estimate of drug-likeness (QED) is 0.859. The SMILES string of the molecule is Cc1ccnn1Cc1ccc(F)c(C=CC(=O)O)c1. The van der Waals surface area contributed by atoms with E-state index in [0.717, 1.165) is 17.3 Å². The number of carboxylic acid groups (broad SMARTS) is 1. The smallest absolute Gasteiger partial charge is 0.328 e. The molecule has 0 amide bonds. The van der Waals surface area contributed by atoms with Crippen molar-refractivity contribution < 1.29 is 14.3 Å². The molecule has 2 aromatic rings. The first-order valence-corrected chi connectivity index (χ1v) is 5.74. The van der Waals surface area contributed by atoms with Gasteiger partial charge in [0.25, 0.3) is 0 Å². The molecule has 0 bridgehead atoms. The van der Waals surface area contributed by atoms with Crippen molar-refractivity contribution in [3.63, 3.8) is 0 Å². The molecule has 0 atom stereocenters. The highest BCUT2D eigenvalue weighted by Crippen LogP contribution is 2.14. The van der Waals surface area contributed by atoms with Crippen molar-refractivity contribution in [3.05, 3.63) is 59.2 Å². The maximum atomic E-state index is 13.5. The highest BCUT2D eigenvalue weighted by molar-refractivity contribution is 5.85. The molecule has 19 heavy (non-hydrogen) atoms. The van der Waals surface area contributed by atoms with Gasteiger partial charge in [0.15, 0.2) is 0 Å². The number of nitrogens with zero attached hydrogens (tertiary/aromatic N) is 2. The van der Waals surface area contributed by atoms with E-state index in [-0.39, 0.29) is 5.56 Å². The lowest BCUT2D eigenvalue weighted by Gasteiger charge is -2.06. The van der Waals surface area contributed by atoms with E-state index in [4.69, 9.17) is 5.11 Å². The molecular formula is C14H13FN2O2. The molecule has 0 aliphatic carbocycles. The fourth-order valence-corrected chi connectivity index (χ4v) is 1.72. The Morgan fingerprint density at radius 3 is 2.89 bits per heavy atom. The molecule has 1 aromatic carbocycles. The first kappa shape index (κ1) is 13.0. The Balaban J connectivity index is 2.26. The average molecular weight is 260 g/mol. The van der Waals surface area contributed by atoms with Crippen molar-refractivity contribution in [2.75, 3.05) is 0 Å². The Hall–Kier alpha value is -2.43. The molecule has 1 heterocycles. The third kappa shape index (κ3) is 3.28. The summed E-state index contributed by atoms with van der Waals surface area (Å²) in [5.41, 5.74) is 2.12. The molecular weight excluding hydrogens is 247 g/mol. The predicted octanol–water partition coefficient (Wildman–Crippen LogP) is 2.48. The minimum Gasteiger partial charge on any atom is -0.478 e. The van der Waals surface area contributed by atoms with Crippen LogP contribution < -0.4 is 0 Å². The number of aliphatic carboxylic acids is 1. The zero-order valence-corrected chi connectivity index (χ0v) is 10.4. The van der Waals surface area contributed by atoms with Gasteiger partial charge in [-0.3, -0.25) is 4.68 Å². The van der Waals surface area contributed by atoms with Gasteiger partial charge in [0, 0.05) is 23.5 Å². The molecule has 1 aromatic heterocycles. The molecule has 0 aliphatic rings. The number of benzene rings is 1. The van der Waals surface area contributed by atoms with Gasteiger partial charge in [0.1, 0.15) is 5.82 Å². The van der Waals surface area contributed by atoms with E-state index in [2.05, 4.69) is 5.10 Å². The van der Waals surface area contributed by atoms with Gasteiger partial charge in [0.05, 0.1) is 6.54 Å². The molecule has 98 valence electrons. The van der Waals surface area contributed by atoms with Crippen LogP contribution in [0.15, 0.2) is 36.5 Å². The normalized spacial score (nSPS) is 11.1. The minimum atomic E-state index is -1.10. The molecule has 5 heteroatoms. The van der Waals surface area contributed by atoms with E-state index in [1.807, 2.05) is 13.0 Å². The lowest BCUT2D eigenvalue weighted by molar-refractivity contribution is -0.131. The lowest BCUT2D eigenvalue weighted by atomic mass is 10.1. The first-order valence-electron chi connectivity index (χ1n) is 5.74. The molecule has 0 unspecified atom stereocenters. The number of carbonyl (C=O) groups is 1. The Morgan fingerprint density at radius 1 is 1.47 bits per heavy atom. The van der Waals surface area contributed by atoms with E-state index in [9.17, 15) is 9.18 Å². The zero-order chi connectivity index (χ0) is 13.8. The molecule has 0 radical (unpaired) electrons. The summed E-state index contributed by atoms with van der Waals surface area (Å²) < 4.78 is 15.3. The van der Waals surface area contributed by atoms with Crippen LogP contribution in [-0.4, -0.2) is 20.9 Å². The summed E-state index contributed by atoms with van der Waals surface area (Å²) in [5.74, 6) is -1.55. The van der Waals surface area contributed by atoms with E-state index in [1.54, 1.807) is 23.0 Å². The predicted molar refractivity (Wildman–Crippen MR) is 69.1 cm³/mol. The standard InChI is InChI=1S/C14H13FN2O2/c1-10-6-7-16-17(10)9-11-2-4-13(15)12(8-11)3-5-14(18)19/h2-8H,9H2,1H3,(H,18,19). The van der Waals surface area contributed by atoms with Crippen molar-refractivity contribution in [2.24, 2.45) is 0 Å². The maximum Gasteiger partial charge on any atom is 0.328 e. The van der Waals surface area contributed by atoms with Gasteiger partial charge in [-0.05, 0) is 36.8 Å². The molecule has 0 saturated carbocycles. The monoisotopic (exact) mass is 260 g/mol. The summed E-state index contributed by atoms with van der Waals surface area (Å²) in [7, 11) is 0. The van der Waals surface area contributed by atoms with Crippen LogP contribution in [0.25, 0.3) is 6.08 Å². The van der Waals surface area contributed by atoms with Crippen molar-refractivity contribution in [1.29, 1.82) is 0 Å². The largest absolute Gasteiger partial charge is 0.478 e. The number of rotatable bonds is 4. The van der Waals surface area contributed by atoms with Crippen LogP contribution in [0.4, 0.5) is 4.39 Å². The second kappa shape index (κ2) is 5.48. The van der Waals surface area contributed by atoms with E-state index < -0.39 is 11.8 Å². The van der Waals surface area contributed by atoms with Crippen LogP contribution in [0, 0.1) is 12.7 Å². The highest BCUT2D eigenvalue weighted by atomic mass is 19.1. The maximum absolute atomic E-state index is 13.5. The van der Waals surface area contributed by atoms with E-state index in [1.165, 1.54) is 12.1 Å². The van der Waals surface area contributed by atoms with Crippen molar-refractivity contribution in [2.45, 2.75) is 13.5 Å². The topological polar surface area (TPSA) is 55.1 Å². The van der Waals surface area contributed by atoms with Crippen LogP contribution in [0.3, 0.4) is 0 Å². The Labute approximate surface area is 109 Å². The molecule has 0 saturated heterocycles. The van der Waals surface area contributed by atoms with Crippen LogP contribution in [0.1, 0.15) is 16.8 Å². The summed E-state index contributed by atoms with van der Waals surface area (Å²) in [5, 5.41) is 12.7. The van der Waals surface area contributed by atoms with E-state index in [0.29, 0.717) is 6.54 Å². The Kier molecular flexibility index (Phi) is 3.75. The summed E-state index contributed by atoms with van der Waals surface area (Å²) in [4.78, 5) is 10.4. The molecule has 2 rings (SSSR count). The second-order valence-corrected chi connectivity index (χ2v) is 4.16. The number of carboxylic acids is 1. The fourth-order valence-electron chi connectivity index (χ4n) is 1.72. The lowest BCUT2D eigenvalue weighted by Crippen LogP contribution is -2.04. The summed E-state index contributed by atoms with van der Waals surface area (Å²) in [6, 6.07) is 6.49. The van der Waals surface area contributed by atoms with Crippen molar-refractivity contribution in [3.8, 4) is 0 Å². The van der Waals surface area contributed by atoms with Crippen molar-refractivity contribution in [1.82, 2.24) is 9.78 Å². The summed E-state index contributed by atoms with van der Waals surface area (Å²) in [6.45, 7) is 2.45. The van der Waals surface area contributed by atoms with Gasteiger partial charge in [-0.15, -0.1) is 0 Å². The number of aromatic nitrogens is 2. The number of hydrogen-bond acceptors (Lipinski definition) is 2. The Bertz CT molecular complexity index is 632. The zero-order valence-electron chi connectivity index (χ0n) is 10.4. The molecule has 4 nitrogen and oxygen atoms in total. The van der Waals surface area contributed by atoms with Gasteiger partial charge in [-0.25, -0.2) is 9.18 Å². The third-order valence-electron chi connectivity index (χ3n) is 2.73. The molecule has 0 spiro atoms. The van der Waals surface area contributed by atoms with Gasteiger partial charge in [0.2, 0.25) is 0 Å². The van der Waals surface area contributed by atoms with Crippen LogP contribution >= 0.6 is 0 Å². The fraction of sp³-hybridized carbons (Fsp3) is 0.143. The number of hydrogen-bond donors (Lipinski definition) is 1. The van der Waals surface area contributed by atoms with Crippen LogP contribution in [-0.2, 0) is 11.3 Å². The molecule has 0 aliphatic heterocycles. The minimum absolute atomic E-state index is 0.254. The van der Waals surface area contributed by atoms with Gasteiger partial charge >= 0.3 is 5.97 Å². The summed E-state index contributed by atoms with van der Waals surface area (Å²) in [6.07, 6.45) is 3.86. The third-order valence-corrected chi connectivity index (χ3v) is 2.73.